The van der Waals surface area contributed by atoms with E-state index in [2.05, 4.69) is 20.3 Å². The van der Waals surface area contributed by atoms with Crippen LogP contribution in [0.25, 0.3) is 11.6 Å². The number of hydrogen-bond donors (Lipinski definition) is 3. The predicted octanol–water partition coefficient (Wildman–Crippen LogP) is 1.34. The number of nitrogen functional groups attached to an aromatic ring is 1. The van der Waals surface area contributed by atoms with Crippen molar-refractivity contribution in [2.45, 2.75) is 6.42 Å². The second-order valence-electron chi connectivity index (χ2n) is 4.07. The van der Waals surface area contributed by atoms with Crippen LogP contribution in [0.4, 0.5) is 5.82 Å². The molecule has 0 saturated carbocycles. The van der Waals surface area contributed by atoms with E-state index >= 15 is 0 Å². The molecule has 0 radical (unpaired) electrons. The largest absolute Gasteiger partial charge is 0.508 e. The highest BCUT2D eigenvalue weighted by Gasteiger charge is 2.11. The van der Waals surface area contributed by atoms with Gasteiger partial charge in [0.25, 0.3) is 5.89 Å². The number of nitrogens with two attached hydrogens (primary N) is 1. The van der Waals surface area contributed by atoms with Crippen LogP contribution in [-0.4, -0.2) is 25.4 Å². The first kappa shape index (κ1) is 11.3. The lowest BCUT2D eigenvalue weighted by molar-refractivity contribution is 0.422. The Hall–Kier alpha value is -2.83. The SMILES string of the molecule is Nc1cc(-c2nc(Cc3ccc(O)cc3)no2)[nH]n1. The molecule has 0 aliphatic carbocycles. The second-order valence-corrected chi connectivity index (χ2v) is 4.07. The van der Waals surface area contributed by atoms with Gasteiger partial charge in [0.1, 0.15) is 17.3 Å². The maximum Gasteiger partial charge on any atom is 0.276 e. The number of nitrogens with zero attached hydrogens (tertiary/aromatic N) is 3. The van der Waals surface area contributed by atoms with Crippen molar-refractivity contribution in [2.24, 2.45) is 0 Å². The Kier molecular flexibility index (Phi) is 2.64. The third-order valence-electron chi connectivity index (χ3n) is 2.59. The molecular formula is C12H11N5O2. The van der Waals surface area contributed by atoms with E-state index in [1.165, 1.54) is 0 Å². The molecule has 0 aliphatic rings. The summed E-state index contributed by atoms with van der Waals surface area (Å²) in [6.45, 7) is 0. The number of anilines is 1. The molecule has 2 heterocycles. The number of nitrogens with one attached hydrogen (secondary N) is 1. The van der Waals surface area contributed by atoms with Crippen LogP contribution in [0.15, 0.2) is 34.9 Å². The number of phenols is 1. The van der Waals surface area contributed by atoms with Crippen molar-refractivity contribution in [3.05, 3.63) is 41.7 Å². The van der Waals surface area contributed by atoms with E-state index in [9.17, 15) is 5.11 Å². The van der Waals surface area contributed by atoms with Crippen LogP contribution < -0.4 is 5.73 Å². The van der Waals surface area contributed by atoms with Crippen molar-refractivity contribution in [1.29, 1.82) is 0 Å². The van der Waals surface area contributed by atoms with E-state index in [1.54, 1.807) is 30.3 Å². The fourth-order valence-electron chi connectivity index (χ4n) is 1.68. The summed E-state index contributed by atoms with van der Waals surface area (Å²) in [5, 5.41) is 19.6. The zero-order chi connectivity index (χ0) is 13.2. The van der Waals surface area contributed by atoms with E-state index < -0.39 is 0 Å². The van der Waals surface area contributed by atoms with E-state index in [1.807, 2.05) is 0 Å². The summed E-state index contributed by atoms with van der Waals surface area (Å²) in [7, 11) is 0. The number of aromatic nitrogens is 4. The number of phenolic OH excluding ortho intramolecular Hbond substituents is 1. The summed E-state index contributed by atoms with van der Waals surface area (Å²) >= 11 is 0. The first-order chi connectivity index (χ1) is 9.20. The van der Waals surface area contributed by atoms with E-state index in [0.29, 0.717) is 29.6 Å². The Morgan fingerprint density at radius 1 is 1.26 bits per heavy atom. The van der Waals surface area contributed by atoms with Crippen molar-refractivity contribution >= 4 is 5.82 Å². The molecule has 3 rings (SSSR count). The minimum Gasteiger partial charge on any atom is -0.508 e. The minimum atomic E-state index is 0.227. The molecule has 0 bridgehead atoms. The monoisotopic (exact) mass is 257 g/mol. The molecule has 7 nitrogen and oxygen atoms in total. The Labute approximate surface area is 108 Å². The third kappa shape index (κ3) is 2.39. The summed E-state index contributed by atoms with van der Waals surface area (Å²) < 4.78 is 5.12. The van der Waals surface area contributed by atoms with Gasteiger partial charge >= 0.3 is 0 Å². The number of rotatable bonds is 3. The van der Waals surface area contributed by atoms with Gasteiger partial charge in [-0.05, 0) is 17.7 Å². The van der Waals surface area contributed by atoms with E-state index in [4.69, 9.17) is 10.3 Å². The van der Waals surface area contributed by atoms with E-state index in [-0.39, 0.29) is 5.75 Å². The molecule has 1 aromatic carbocycles. The molecule has 7 heteroatoms. The number of aromatic amines is 1. The van der Waals surface area contributed by atoms with Crippen molar-refractivity contribution in [3.63, 3.8) is 0 Å². The Bertz CT molecular complexity index is 686. The van der Waals surface area contributed by atoms with Gasteiger partial charge in [-0.25, -0.2) is 0 Å². The standard InChI is InChI=1S/C12H11N5O2/c13-10-6-9(15-16-10)12-14-11(17-19-12)5-7-1-3-8(18)4-2-7/h1-4,6,18H,5H2,(H3,13,15,16). The van der Waals surface area contributed by atoms with Crippen LogP contribution in [0.1, 0.15) is 11.4 Å². The van der Waals surface area contributed by atoms with Gasteiger partial charge in [-0.1, -0.05) is 17.3 Å². The molecule has 0 amide bonds. The molecular weight excluding hydrogens is 246 g/mol. The quantitative estimate of drug-likeness (QED) is 0.652. The molecule has 0 spiro atoms. The van der Waals surface area contributed by atoms with Crippen LogP contribution in [0.2, 0.25) is 0 Å². The summed E-state index contributed by atoms with van der Waals surface area (Å²) in [5.74, 6) is 1.49. The molecule has 19 heavy (non-hydrogen) atoms. The van der Waals surface area contributed by atoms with Crippen LogP contribution in [0.5, 0.6) is 5.75 Å². The van der Waals surface area contributed by atoms with Gasteiger partial charge in [-0.15, -0.1) is 0 Å². The van der Waals surface area contributed by atoms with Crippen LogP contribution >= 0.6 is 0 Å². The predicted molar refractivity (Wildman–Crippen MR) is 67.2 cm³/mol. The highest BCUT2D eigenvalue weighted by molar-refractivity contribution is 5.51. The Morgan fingerprint density at radius 2 is 2.05 bits per heavy atom. The van der Waals surface area contributed by atoms with Crippen molar-refractivity contribution < 1.29 is 9.63 Å². The summed E-state index contributed by atoms with van der Waals surface area (Å²) in [5.41, 5.74) is 7.07. The average molecular weight is 257 g/mol. The highest BCUT2D eigenvalue weighted by Crippen LogP contribution is 2.18. The first-order valence-corrected chi connectivity index (χ1v) is 5.62. The minimum absolute atomic E-state index is 0.227. The van der Waals surface area contributed by atoms with Gasteiger partial charge in [0.05, 0.1) is 0 Å². The van der Waals surface area contributed by atoms with Gasteiger partial charge < -0.3 is 15.4 Å². The fraction of sp³-hybridized carbons (Fsp3) is 0.0833. The zero-order valence-corrected chi connectivity index (χ0v) is 9.87. The Morgan fingerprint density at radius 3 is 2.74 bits per heavy atom. The number of hydrogen-bond acceptors (Lipinski definition) is 6. The van der Waals surface area contributed by atoms with Crippen LogP contribution in [-0.2, 0) is 6.42 Å². The maximum atomic E-state index is 9.21. The maximum absolute atomic E-state index is 9.21. The smallest absolute Gasteiger partial charge is 0.276 e. The normalized spacial score (nSPS) is 10.7. The number of benzene rings is 1. The molecule has 96 valence electrons. The zero-order valence-electron chi connectivity index (χ0n) is 9.87. The lowest BCUT2D eigenvalue weighted by atomic mass is 10.1. The molecule has 0 unspecified atom stereocenters. The lowest BCUT2D eigenvalue weighted by Crippen LogP contribution is -1.90. The summed E-state index contributed by atoms with van der Waals surface area (Å²) in [6.07, 6.45) is 0.521. The lowest BCUT2D eigenvalue weighted by Gasteiger charge is -1.96. The molecule has 3 aromatic rings. The summed E-state index contributed by atoms with van der Waals surface area (Å²) in [4.78, 5) is 4.24. The van der Waals surface area contributed by atoms with Gasteiger partial charge in [0.15, 0.2) is 5.82 Å². The van der Waals surface area contributed by atoms with E-state index in [0.717, 1.165) is 5.56 Å². The second kappa shape index (κ2) is 4.45. The third-order valence-corrected chi connectivity index (χ3v) is 2.59. The molecule has 0 aliphatic heterocycles. The highest BCUT2D eigenvalue weighted by atomic mass is 16.5. The molecule has 0 atom stereocenters. The summed E-state index contributed by atoms with van der Waals surface area (Å²) in [6, 6.07) is 8.47. The molecule has 0 fully saturated rings. The van der Waals surface area contributed by atoms with Gasteiger partial charge in [-0.3, -0.25) is 5.10 Å². The van der Waals surface area contributed by atoms with Gasteiger partial charge in [0.2, 0.25) is 0 Å². The molecule has 4 N–H and O–H groups in total. The van der Waals surface area contributed by atoms with Crippen LogP contribution in [0.3, 0.4) is 0 Å². The first-order valence-electron chi connectivity index (χ1n) is 5.62. The van der Waals surface area contributed by atoms with Crippen molar-refractivity contribution in [2.75, 3.05) is 5.73 Å². The molecule has 0 saturated heterocycles. The van der Waals surface area contributed by atoms with Crippen molar-refractivity contribution in [1.82, 2.24) is 20.3 Å². The van der Waals surface area contributed by atoms with Crippen molar-refractivity contribution in [3.8, 4) is 17.3 Å². The number of aromatic hydroxyl groups is 1. The van der Waals surface area contributed by atoms with Crippen LogP contribution in [0, 0.1) is 0 Å². The number of H-pyrrole nitrogens is 1. The fourth-order valence-corrected chi connectivity index (χ4v) is 1.68. The Balaban J connectivity index is 1.80. The van der Waals surface area contributed by atoms with Gasteiger partial charge in [0, 0.05) is 12.5 Å². The average Bonchev–Trinajstić information content (AvgIpc) is 3.01. The topological polar surface area (TPSA) is 114 Å². The molecule has 2 aromatic heterocycles. The van der Waals surface area contributed by atoms with Gasteiger partial charge in [-0.2, -0.15) is 10.1 Å².